The highest BCUT2D eigenvalue weighted by molar-refractivity contribution is 14.2. The van der Waals surface area contributed by atoms with Crippen LogP contribution in [-0.4, -0.2) is 66.3 Å². The fourth-order valence-electron chi connectivity index (χ4n) is 5.09. The van der Waals surface area contributed by atoms with E-state index in [1.54, 1.807) is 25.1 Å². The Hall–Kier alpha value is -3.28. The van der Waals surface area contributed by atoms with E-state index in [1.807, 2.05) is 40.4 Å². The van der Waals surface area contributed by atoms with Crippen molar-refractivity contribution < 1.29 is 33.3 Å². The van der Waals surface area contributed by atoms with E-state index in [1.165, 1.54) is 6.33 Å². The number of anilines is 2. The summed E-state index contributed by atoms with van der Waals surface area (Å²) in [6.07, 6.45) is -1.27. The van der Waals surface area contributed by atoms with E-state index < -0.39 is 58.1 Å². The first-order valence-electron chi connectivity index (χ1n) is 14.1. The molecule has 15 heteroatoms. The quantitative estimate of drug-likeness (QED) is 0.158. The van der Waals surface area contributed by atoms with Gasteiger partial charge in [-0.05, 0) is 26.0 Å². The molecule has 13 nitrogen and oxygen atoms in total. The summed E-state index contributed by atoms with van der Waals surface area (Å²) in [7, 11) is 0. The van der Waals surface area contributed by atoms with Gasteiger partial charge in [-0.2, -0.15) is 3.15 Å². The van der Waals surface area contributed by atoms with Crippen LogP contribution in [0.15, 0.2) is 58.0 Å². The lowest BCUT2D eigenvalue weighted by molar-refractivity contribution is -0.140. The summed E-state index contributed by atoms with van der Waals surface area (Å²) in [5, 5.41) is 5.84. The van der Waals surface area contributed by atoms with Gasteiger partial charge in [-0.1, -0.05) is 48.0 Å². The number of nitrogens with zero attached hydrogens (tertiary/aromatic N) is 4. The van der Waals surface area contributed by atoms with Crippen LogP contribution in [0.25, 0.3) is 0 Å². The lowest BCUT2D eigenvalue weighted by atomic mass is 10.1. The molecule has 4 unspecified atom stereocenters. The minimum absolute atomic E-state index is 0.0651. The minimum Gasteiger partial charge on any atom is -0.462 e. The molecule has 1 aromatic heterocycles. The topological polar surface area (TPSA) is 146 Å². The van der Waals surface area contributed by atoms with E-state index in [0.717, 1.165) is 5.56 Å². The fraction of sp³-hybridized carbons (Fsp3) is 0.379. The summed E-state index contributed by atoms with van der Waals surface area (Å²) in [5.41, 5.74) is 2.26. The number of benzene rings is 2. The van der Waals surface area contributed by atoms with Gasteiger partial charge in [0.25, 0.3) is 0 Å². The predicted octanol–water partition coefficient (Wildman–Crippen LogP) is 5.39. The fourth-order valence-corrected chi connectivity index (χ4v) is 7.46. The summed E-state index contributed by atoms with van der Waals surface area (Å²) in [5.74, 6) is 0.403. The third-order valence-corrected chi connectivity index (χ3v) is 9.59. The number of halogens is 2. The van der Waals surface area contributed by atoms with Gasteiger partial charge in [0, 0.05) is 22.7 Å². The van der Waals surface area contributed by atoms with Gasteiger partial charge < -0.3 is 29.0 Å². The smallest absolute Gasteiger partial charge is 0.338 e. The van der Waals surface area contributed by atoms with E-state index >= 15 is 0 Å². The summed E-state index contributed by atoms with van der Waals surface area (Å²) in [6.45, 7) is 4.49. The van der Waals surface area contributed by atoms with Gasteiger partial charge in [-0.25, -0.2) is 19.6 Å². The average molecular weight is 737 g/mol. The molecule has 4 heterocycles. The molecule has 3 aliphatic heterocycles. The molecule has 2 aromatic carbocycles. The van der Waals surface area contributed by atoms with E-state index in [-0.39, 0.29) is 25.9 Å². The van der Waals surface area contributed by atoms with E-state index in [0.29, 0.717) is 40.0 Å². The van der Waals surface area contributed by atoms with Gasteiger partial charge in [-0.3, -0.25) is 8.43 Å². The molecule has 2 saturated heterocycles. The molecule has 0 saturated carbocycles. The van der Waals surface area contributed by atoms with E-state index in [9.17, 15) is 9.59 Å². The number of ether oxygens (including phenoxy) is 5. The average Bonchev–Trinajstić information content (AvgIpc) is 3.74. The maximum absolute atomic E-state index is 12.5. The third kappa shape index (κ3) is 6.27. The zero-order valence-corrected chi connectivity index (χ0v) is 26.7. The molecular formula is C29H30ClIN6O7. The molecule has 0 aliphatic carbocycles. The summed E-state index contributed by atoms with van der Waals surface area (Å²) < 4.78 is 37.4. The molecule has 232 valence electrons. The first-order chi connectivity index (χ1) is 21.5. The number of rotatable bonds is 10. The number of carbonyl (C=O) groups excluding carboxylic acids is 2. The van der Waals surface area contributed by atoms with Crippen LogP contribution in [0.2, 0.25) is 5.02 Å². The van der Waals surface area contributed by atoms with Gasteiger partial charge in [-0.15, -0.1) is 0 Å². The molecule has 2 N–H and O–H groups in total. The molecule has 2 amide bonds. The molecule has 3 aliphatic rings. The van der Waals surface area contributed by atoms with Crippen LogP contribution < -0.4 is 13.7 Å². The van der Waals surface area contributed by atoms with Gasteiger partial charge in [0.1, 0.15) is 45.9 Å². The number of esters is 1. The Morgan fingerprint density at radius 1 is 1.05 bits per heavy atom. The molecule has 0 radical (unpaired) electrons. The highest BCUT2D eigenvalue weighted by atomic mass is 127. The van der Waals surface area contributed by atoms with Crippen molar-refractivity contribution in [2.75, 3.05) is 28.2 Å². The predicted molar refractivity (Wildman–Crippen MR) is 168 cm³/mol. The second-order valence-corrected chi connectivity index (χ2v) is 12.2. The zero-order valence-electron chi connectivity index (χ0n) is 23.8. The van der Waals surface area contributed by atoms with Crippen LogP contribution in [0.5, 0.6) is 0 Å². The Kier molecular flexibility index (Phi) is 9.63. The lowest BCUT2D eigenvalue weighted by Crippen LogP contribution is -2.38. The molecular weight excluding hydrogens is 707 g/mol. The third-order valence-electron chi connectivity index (χ3n) is 7.06. The van der Waals surface area contributed by atoms with Crippen molar-refractivity contribution in [1.29, 1.82) is 0 Å². The maximum Gasteiger partial charge on any atom is 0.338 e. The monoisotopic (exact) mass is 736 g/mol. The summed E-state index contributed by atoms with van der Waals surface area (Å²) >= 11 is 5.46. The number of hydrogen-bond acceptors (Lipinski definition) is 11. The number of fused-ring (bicyclic) bond motifs is 2. The molecule has 3 aromatic rings. The molecule has 0 bridgehead atoms. The number of hydrogen-bond donors (Lipinski definition) is 2. The van der Waals surface area contributed by atoms with Crippen LogP contribution in [0.4, 0.5) is 22.1 Å². The maximum atomic E-state index is 12.5. The molecule has 0 spiro atoms. The Bertz CT molecular complexity index is 1550. The number of carbonyl (C=O) groups is 2. The number of urea groups is 1. The lowest BCUT2D eigenvalue weighted by Gasteiger charge is -2.26. The van der Waals surface area contributed by atoms with Gasteiger partial charge in [0.15, 0.2) is 29.8 Å². The van der Waals surface area contributed by atoms with Crippen LogP contribution in [0.1, 0.15) is 41.6 Å². The normalized spacial score (nSPS) is 23.5. The van der Waals surface area contributed by atoms with Crippen LogP contribution in [-0.2, 0) is 30.3 Å². The molecule has 6 rings (SSSR count). The van der Waals surface area contributed by atoms with Gasteiger partial charge in [0.05, 0.1) is 25.4 Å². The van der Waals surface area contributed by atoms with Crippen molar-refractivity contribution in [3.8, 4) is 0 Å². The van der Waals surface area contributed by atoms with Gasteiger partial charge >= 0.3 is 12.0 Å². The Labute approximate surface area is 269 Å². The number of amides is 2. The summed E-state index contributed by atoms with van der Waals surface area (Å²) in [4.78, 5) is 33.4. The van der Waals surface area contributed by atoms with Crippen molar-refractivity contribution in [3.05, 3.63) is 76.6 Å². The van der Waals surface area contributed by atoms with Crippen molar-refractivity contribution in [3.63, 3.8) is 0 Å². The van der Waals surface area contributed by atoms with Crippen molar-refractivity contribution in [2.45, 2.75) is 51.3 Å². The molecule has 2 fully saturated rings. The number of nitrogens with one attached hydrogen (secondary N) is 2. The van der Waals surface area contributed by atoms with Crippen LogP contribution in [0.3, 0.4) is 0 Å². The van der Waals surface area contributed by atoms with Crippen molar-refractivity contribution in [1.82, 2.24) is 15.3 Å². The van der Waals surface area contributed by atoms with Crippen molar-refractivity contribution in [2.24, 2.45) is 3.15 Å². The second-order valence-electron chi connectivity index (χ2n) is 9.86. The van der Waals surface area contributed by atoms with Crippen LogP contribution >= 0.6 is 32.9 Å². The highest BCUT2D eigenvalue weighted by Crippen LogP contribution is 2.50. The Morgan fingerprint density at radius 2 is 1.86 bits per heavy atom. The second kappa shape index (κ2) is 13.8. The first kappa shape index (κ1) is 30.7. The Morgan fingerprint density at radius 3 is 2.66 bits per heavy atom. The standard InChI is InChI=1S/C29H30ClIN6O7/c1-3-32-29(39)35-24-21-25(34-15-33-24)37(31-36-21)26-23-22(43-28(44-23)16-9-6-5-7-10-16)20(42-26)14-40-13-18-17(27(38)41-4-2)11-8-12-19(18)30/h5-12,15,20,22-23,26,28H,3-4,13-14H2,1-2H3,(H2,32,33,34,35,39)/t20?,22?,23?,26?,28-/m1/s1. The molecule has 44 heavy (non-hydrogen) atoms. The van der Waals surface area contributed by atoms with E-state index in [4.69, 9.17) is 38.4 Å². The van der Waals surface area contributed by atoms with E-state index in [2.05, 4.69) is 20.6 Å². The SMILES string of the molecule is CCNC(=O)Nc1ncnc2c1N=IN2C1OC(COCc2c(Cl)cccc2C(=O)OCC)C2O[C@@H](c3ccccc3)OC21. The first-order valence-corrected chi connectivity index (χ1v) is 16.4. The van der Waals surface area contributed by atoms with Crippen molar-refractivity contribution >= 4 is 62.2 Å². The summed E-state index contributed by atoms with van der Waals surface area (Å²) in [6, 6.07) is 14.4. The van der Waals surface area contributed by atoms with Gasteiger partial charge in [0.2, 0.25) is 0 Å². The minimum atomic E-state index is -0.988. The van der Waals surface area contributed by atoms with Crippen LogP contribution in [0, 0.1) is 0 Å². The Balaban J connectivity index is 1.22. The molecule has 5 atom stereocenters. The number of aromatic nitrogens is 2. The highest BCUT2D eigenvalue weighted by Gasteiger charge is 2.56. The zero-order chi connectivity index (χ0) is 30.6. The largest absolute Gasteiger partial charge is 0.462 e.